The van der Waals surface area contributed by atoms with Gasteiger partial charge in [0, 0.05) is 6.04 Å². The molecule has 0 rings (SSSR count). The van der Waals surface area contributed by atoms with Crippen LogP contribution in [0.15, 0.2) is 12.7 Å². The highest BCUT2D eigenvalue weighted by Crippen LogP contribution is 2.14. The number of carbonyl (C=O) groups is 1. The fourth-order valence-electron chi connectivity index (χ4n) is 2.97. The molecule has 0 aliphatic rings. The summed E-state index contributed by atoms with van der Waals surface area (Å²) in [6, 6.07) is 0.456. The summed E-state index contributed by atoms with van der Waals surface area (Å²) in [5.41, 5.74) is 5.26. The second kappa shape index (κ2) is 17.5. The van der Waals surface area contributed by atoms with E-state index in [-0.39, 0.29) is 5.91 Å². The lowest BCUT2D eigenvalue weighted by Gasteiger charge is -2.18. The molecule has 0 aromatic rings. The SMILES string of the molecule is C=CCCCCCCC(CCCCCCCCC)NCC(N)=O. The number of hydrogen-bond donors (Lipinski definition) is 2. The molecule has 0 fully saturated rings. The van der Waals surface area contributed by atoms with Crippen LogP contribution in [0.4, 0.5) is 0 Å². The second-order valence-corrected chi connectivity index (χ2v) is 6.73. The van der Waals surface area contributed by atoms with Crippen LogP contribution in [0.25, 0.3) is 0 Å². The molecular formula is C20H40N2O. The molecule has 136 valence electrons. The van der Waals surface area contributed by atoms with Gasteiger partial charge in [-0.15, -0.1) is 6.58 Å². The van der Waals surface area contributed by atoms with Crippen LogP contribution in [-0.2, 0) is 4.79 Å². The Labute approximate surface area is 144 Å². The lowest BCUT2D eigenvalue weighted by Crippen LogP contribution is -2.36. The van der Waals surface area contributed by atoms with Gasteiger partial charge in [-0.05, 0) is 25.7 Å². The average Bonchev–Trinajstić information content (AvgIpc) is 2.53. The topological polar surface area (TPSA) is 55.1 Å². The summed E-state index contributed by atoms with van der Waals surface area (Å²) >= 11 is 0. The third-order valence-corrected chi connectivity index (χ3v) is 4.43. The first-order valence-corrected chi connectivity index (χ1v) is 9.83. The van der Waals surface area contributed by atoms with Crippen molar-refractivity contribution in [3.63, 3.8) is 0 Å². The van der Waals surface area contributed by atoms with E-state index in [4.69, 9.17) is 5.73 Å². The molecule has 0 saturated carbocycles. The molecule has 0 bridgehead atoms. The summed E-state index contributed by atoms with van der Waals surface area (Å²) in [6.07, 6.45) is 19.9. The van der Waals surface area contributed by atoms with E-state index in [0.717, 1.165) is 12.8 Å². The molecule has 0 saturated heterocycles. The van der Waals surface area contributed by atoms with Gasteiger partial charge in [-0.3, -0.25) is 4.79 Å². The van der Waals surface area contributed by atoms with E-state index in [2.05, 4.69) is 18.8 Å². The standard InChI is InChI=1S/C20H40N2O/c1-3-5-7-9-11-13-15-17-19(22-18-20(21)23)16-14-12-10-8-6-4-2/h4,19,22H,2-3,5-18H2,1H3,(H2,21,23). The van der Waals surface area contributed by atoms with Gasteiger partial charge in [0.1, 0.15) is 0 Å². The van der Waals surface area contributed by atoms with E-state index < -0.39 is 0 Å². The molecule has 3 heteroatoms. The second-order valence-electron chi connectivity index (χ2n) is 6.73. The normalized spacial score (nSPS) is 12.2. The van der Waals surface area contributed by atoms with Gasteiger partial charge in [0.15, 0.2) is 0 Å². The Morgan fingerprint density at radius 3 is 2.00 bits per heavy atom. The number of hydrogen-bond acceptors (Lipinski definition) is 2. The molecule has 23 heavy (non-hydrogen) atoms. The van der Waals surface area contributed by atoms with Crippen LogP contribution in [0, 0.1) is 0 Å². The quantitative estimate of drug-likeness (QED) is 0.272. The maximum atomic E-state index is 11.0. The number of unbranched alkanes of at least 4 members (excludes halogenated alkanes) is 10. The predicted octanol–water partition coefficient (Wildman–Crippen LogP) is 5.10. The molecule has 0 aliphatic heterocycles. The highest BCUT2D eigenvalue weighted by atomic mass is 16.1. The van der Waals surface area contributed by atoms with Crippen molar-refractivity contribution in [3.05, 3.63) is 12.7 Å². The first-order chi connectivity index (χ1) is 11.2. The summed E-state index contributed by atoms with van der Waals surface area (Å²) in [5.74, 6) is -0.249. The Kier molecular flexibility index (Phi) is 16.9. The Morgan fingerprint density at radius 2 is 1.48 bits per heavy atom. The minimum atomic E-state index is -0.249. The van der Waals surface area contributed by atoms with Gasteiger partial charge < -0.3 is 11.1 Å². The summed E-state index contributed by atoms with van der Waals surface area (Å²) in [6.45, 7) is 6.33. The van der Waals surface area contributed by atoms with E-state index in [1.807, 2.05) is 6.08 Å². The summed E-state index contributed by atoms with van der Waals surface area (Å²) in [7, 11) is 0. The molecule has 0 aliphatic carbocycles. The number of amides is 1. The summed E-state index contributed by atoms with van der Waals surface area (Å²) in [4.78, 5) is 11.0. The lowest BCUT2D eigenvalue weighted by atomic mass is 10.00. The van der Waals surface area contributed by atoms with Crippen LogP contribution in [0.5, 0.6) is 0 Å². The average molecular weight is 325 g/mol. The van der Waals surface area contributed by atoms with Crippen LogP contribution >= 0.6 is 0 Å². The van der Waals surface area contributed by atoms with Gasteiger partial charge in [-0.1, -0.05) is 77.2 Å². The van der Waals surface area contributed by atoms with Crippen LogP contribution in [0.1, 0.15) is 96.8 Å². The Balaban J connectivity index is 3.72. The van der Waals surface area contributed by atoms with Crippen molar-refractivity contribution < 1.29 is 4.79 Å². The van der Waals surface area contributed by atoms with Crippen molar-refractivity contribution in [2.24, 2.45) is 5.73 Å². The third-order valence-electron chi connectivity index (χ3n) is 4.43. The minimum absolute atomic E-state index is 0.249. The molecule has 0 spiro atoms. The highest BCUT2D eigenvalue weighted by Gasteiger charge is 2.09. The van der Waals surface area contributed by atoms with E-state index in [1.165, 1.54) is 77.0 Å². The molecular weight excluding hydrogens is 284 g/mol. The molecule has 0 aromatic carbocycles. The Morgan fingerprint density at radius 1 is 0.957 bits per heavy atom. The highest BCUT2D eigenvalue weighted by molar-refractivity contribution is 5.75. The predicted molar refractivity (Wildman–Crippen MR) is 101 cm³/mol. The van der Waals surface area contributed by atoms with E-state index >= 15 is 0 Å². The Bertz CT molecular complexity index is 279. The maximum Gasteiger partial charge on any atom is 0.231 e. The van der Waals surface area contributed by atoms with Crippen LogP contribution in [0.3, 0.4) is 0 Å². The van der Waals surface area contributed by atoms with Gasteiger partial charge in [-0.2, -0.15) is 0 Å². The molecule has 0 aromatic heterocycles. The van der Waals surface area contributed by atoms with Crippen molar-refractivity contribution in [2.75, 3.05) is 6.54 Å². The van der Waals surface area contributed by atoms with Gasteiger partial charge >= 0.3 is 0 Å². The molecule has 1 atom stereocenters. The smallest absolute Gasteiger partial charge is 0.231 e. The fraction of sp³-hybridized carbons (Fsp3) is 0.850. The number of nitrogens with one attached hydrogen (secondary N) is 1. The minimum Gasteiger partial charge on any atom is -0.369 e. The van der Waals surface area contributed by atoms with Gasteiger partial charge in [0.2, 0.25) is 5.91 Å². The van der Waals surface area contributed by atoms with Gasteiger partial charge in [0.05, 0.1) is 6.54 Å². The van der Waals surface area contributed by atoms with Crippen molar-refractivity contribution in [3.8, 4) is 0 Å². The van der Waals surface area contributed by atoms with Gasteiger partial charge in [-0.25, -0.2) is 0 Å². The van der Waals surface area contributed by atoms with E-state index in [9.17, 15) is 4.79 Å². The number of nitrogens with two attached hydrogens (primary N) is 1. The van der Waals surface area contributed by atoms with Gasteiger partial charge in [0.25, 0.3) is 0 Å². The zero-order valence-corrected chi connectivity index (χ0v) is 15.5. The van der Waals surface area contributed by atoms with Crippen molar-refractivity contribution in [2.45, 2.75) is 103 Å². The molecule has 1 unspecified atom stereocenters. The zero-order chi connectivity index (χ0) is 17.2. The summed E-state index contributed by atoms with van der Waals surface area (Å²) < 4.78 is 0. The summed E-state index contributed by atoms with van der Waals surface area (Å²) in [5, 5.41) is 3.34. The Hall–Kier alpha value is -0.830. The van der Waals surface area contributed by atoms with Crippen molar-refractivity contribution >= 4 is 5.91 Å². The van der Waals surface area contributed by atoms with E-state index in [0.29, 0.717) is 12.6 Å². The monoisotopic (exact) mass is 324 g/mol. The molecule has 0 radical (unpaired) electrons. The largest absolute Gasteiger partial charge is 0.369 e. The van der Waals surface area contributed by atoms with E-state index in [1.54, 1.807) is 0 Å². The molecule has 3 N–H and O–H groups in total. The van der Waals surface area contributed by atoms with Crippen LogP contribution in [-0.4, -0.2) is 18.5 Å². The number of carbonyl (C=O) groups excluding carboxylic acids is 1. The number of rotatable bonds is 18. The first kappa shape index (κ1) is 22.2. The first-order valence-electron chi connectivity index (χ1n) is 9.83. The zero-order valence-electron chi connectivity index (χ0n) is 15.5. The van der Waals surface area contributed by atoms with Crippen LogP contribution in [0.2, 0.25) is 0 Å². The fourth-order valence-corrected chi connectivity index (χ4v) is 2.97. The van der Waals surface area contributed by atoms with Crippen LogP contribution < -0.4 is 11.1 Å². The molecule has 1 amide bonds. The number of primary amides is 1. The maximum absolute atomic E-state index is 11.0. The van der Waals surface area contributed by atoms with Crippen molar-refractivity contribution in [1.82, 2.24) is 5.32 Å². The lowest BCUT2D eigenvalue weighted by molar-refractivity contribution is -0.117. The third kappa shape index (κ3) is 17.4. The number of allylic oxidation sites excluding steroid dienone is 1. The van der Waals surface area contributed by atoms with Crippen molar-refractivity contribution in [1.29, 1.82) is 0 Å². The molecule has 3 nitrogen and oxygen atoms in total. The molecule has 0 heterocycles.